The average Bonchev–Trinajstić information content (AvgIpc) is 1.65. The molecule has 3 fully saturated rings. The molecule has 1 unspecified atom stereocenters. The molecule has 0 bridgehead atoms. The zero-order valence-electron chi connectivity index (χ0n) is 102. The second kappa shape index (κ2) is 75.4. The van der Waals surface area contributed by atoms with E-state index in [9.17, 15) is 14.3 Å². The topological polar surface area (TPSA) is 370 Å². The highest BCUT2D eigenvalue weighted by atomic mass is 32.1. The number of halogens is 1. The van der Waals surface area contributed by atoms with E-state index >= 15 is 0 Å². The summed E-state index contributed by atoms with van der Waals surface area (Å²) in [4.78, 5) is 14.5. The summed E-state index contributed by atoms with van der Waals surface area (Å²) in [6.07, 6.45) is 31.4. The summed E-state index contributed by atoms with van der Waals surface area (Å²) < 4.78 is 28.5. The Balaban J connectivity index is -0.000000225. The number of aliphatic hydroxyl groups is 1. The second-order valence-corrected chi connectivity index (χ2v) is 57.8. The number of hydrogen-bond acceptors (Lipinski definition) is 18. The van der Waals surface area contributed by atoms with Crippen LogP contribution in [-0.4, -0.2) is 134 Å². The molecule has 2 aromatic carbocycles. The Morgan fingerprint density at radius 1 is 0.514 bits per heavy atom. The summed E-state index contributed by atoms with van der Waals surface area (Å²) in [6, 6.07) is 16.2. The van der Waals surface area contributed by atoms with Gasteiger partial charge in [0.15, 0.2) is 0 Å². The molecule has 2 aliphatic heterocycles. The van der Waals surface area contributed by atoms with Crippen molar-refractivity contribution in [1.82, 2.24) is 10.3 Å². The third kappa shape index (κ3) is 127. The maximum atomic E-state index is 12.7. The third-order valence-corrected chi connectivity index (χ3v) is 22.3. The molecule has 18 nitrogen and oxygen atoms in total. The lowest BCUT2D eigenvalue weighted by Crippen LogP contribution is -2.47. The summed E-state index contributed by atoms with van der Waals surface area (Å²) in [5.74, 6) is 0.702. The molecule has 0 radical (unpaired) electrons. The molecule has 3 heterocycles. The number of carbonyl (C=O) groups is 1. The van der Waals surface area contributed by atoms with Crippen LogP contribution in [0.4, 0.5) is 4.39 Å². The summed E-state index contributed by atoms with van der Waals surface area (Å²) in [7, 11) is 1.68. The number of rotatable bonds is 28. The van der Waals surface area contributed by atoms with Gasteiger partial charge >= 0.3 is 5.97 Å². The normalized spacial score (nSPS) is 16.3. The van der Waals surface area contributed by atoms with Gasteiger partial charge in [-0.25, -0.2) is 9.37 Å². The van der Waals surface area contributed by atoms with Crippen molar-refractivity contribution in [2.45, 2.75) is 538 Å². The van der Waals surface area contributed by atoms with Crippen LogP contribution in [0.15, 0.2) is 65.5 Å². The Kier molecular flexibility index (Phi) is 81.9. The number of nitrogens with zero attached hydrogens (tertiary/aromatic N) is 1. The number of piperidine rings is 1. The minimum absolute atomic E-state index is 0.00218. The molecule has 20 heteroatoms. The third-order valence-electron chi connectivity index (χ3n) is 21.6. The van der Waals surface area contributed by atoms with Crippen molar-refractivity contribution in [2.75, 3.05) is 59.7 Å². The number of para-hydroxylation sites is 1. The van der Waals surface area contributed by atoms with Gasteiger partial charge in [-0.2, -0.15) is 0 Å². The van der Waals surface area contributed by atoms with E-state index in [4.69, 9.17) is 76.7 Å². The number of aliphatic carboxylic acids is 1. The van der Waals surface area contributed by atoms with Crippen molar-refractivity contribution in [3.05, 3.63) is 82.6 Å². The van der Waals surface area contributed by atoms with Gasteiger partial charge in [-0.1, -0.05) is 346 Å². The largest absolute Gasteiger partial charge is 0.492 e. The van der Waals surface area contributed by atoms with Gasteiger partial charge in [-0.05, 0) is 295 Å². The minimum Gasteiger partial charge on any atom is -0.492 e. The first-order chi connectivity index (χ1) is 62.8. The smallest absolute Gasteiger partial charge is 0.320 e. The zero-order valence-corrected chi connectivity index (χ0v) is 102. The molecule has 838 valence electrons. The number of ether oxygens (including phenoxy) is 3. The Morgan fingerprint density at radius 3 is 1.18 bits per heavy atom. The Morgan fingerprint density at radius 2 is 0.914 bits per heavy atom. The van der Waals surface area contributed by atoms with Crippen molar-refractivity contribution in [3.8, 4) is 5.75 Å². The molecule has 3 aromatic rings. The SMILES string of the molecule is CC(C)(C)CC(C)(C)N.CC(C)(C)CC(N)C(=O)O.CC(C)(C)CC1(N)CCOCC1.CC(C)(C)CCCCN.CC(C)(C)CCCN.CC(C)(C)C[C@@H](N)C(C)(C)O.CC(C)(C)C[C@@H](N)COc1ccccc1.CC(C)(C)C[C@@H](N)Cc1ccc(F)cc1.CC(C)(C)C[C@@H](N)Cc1cscn1.CCC.CCC1(CC(C)(C)C)CC1.CCCCC(C)(C)C.COC[C@H](N)CC(C)(C)C.C[C@@H]1CCCNC1. The average molecular weight is 2010 g/mol. The molecule has 140 heavy (non-hydrogen) atoms. The highest BCUT2D eigenvalue weighted by Gasteiger charge is 2.43. The van der Waals surface area contributed by atoms with Crippen molar-refractivity contribution in [1.29, 1.82) is 0 Å². The lowest BCUT2D eigenvalue weighted by Gasteiger charge is -2.38. The maximum absolute atomic E-state index is 12.7. The summed E-state index contributed by atoms with van der Waals surface area (Å²) in [5, 5.41) is 23.4. The molecule has 1 aliphatic carbocycles. The van der Waals surface area contributed by atoms with E-state index in [-0.39, 0.29) is 68.8 Å². The van der Waals surface area contributed by atoms with E-state index in [0.717, 1.165) is 132 Å². The summed E-state index contributed by atoms with van der Waals surface area (Å²) in [5.41, 5.74) is 65.9. The second-order valence-electron chi connectivity index (χ2n) is 57.0. The van der Waals surface area contributed by atoms with Crippen LogP contribution in [0.2, 0.25) is 0 Å². The van der Waals surface area contributed by atoms with Gasteiger partial charge in [0, 0.05) is 73.4 Å². The van der Waals surface area contributed by atoms with Gasteiger partial charge < -0.3 is 87.1 Å². The van der Waals surface area contributed by atoms with Crippen LogP contribution >= 0.6 is 11.3 Å². The van der Waals surface area contributed by atoms with Gasteiger partial charge in [0.2, 0.25) is 0 Å². The molecular weight excluding hydrogens is 1760 g/mol. The lowest BCUT2D eigenvalue weighted by atomic mass is 9.76. The molecule has 0 spiro atoms. The first-order valence-corrected chi connectivity index (χ1v) is 55.3. The number of carboxylic acids is 1. The number of carboxylic acid groups (broad SMARTS) is 1. The van der Waals surface area contributed by atoms with Crippen molar-refractivity contribution in [2.24, 2.45) is 134 Å². The molecule has 7 atom stereocenters. The van der Waals surface area contributed by atoms with E-state index in [1.54, 1.807) is 44.4 Å². The lowest BCUT2D eigenvalue weighted by molar-refractivity contribution is -0.139. The number of nitrogens with one attached hydrogen (secondary N) is 1. The van der Waals surface area contributed by atoms with Gasteiger partial charge in [-0.15, -0.1) is 11.3 Å². The van der Waals surface area contributed by atoms with E-state index in [1.807, 2.05) is 56.6 Å². The molecule has 1 aromatic heterocycles. The summed E-state index contributed by atoms with van der Waals surface area (Å²) in [6.45, 7) is 105. The first kappa shape index (κ1) is 152. The number of nitrogens with two attached hydrogens (primary N) is 10. The molecule has 2 saturated heterocycles. The Labute approximate surface area is 875 Å². The standard InChI is InChI=1S/C13H20FN.C13H21NO.C10H18N2S.C10H21NO.C10H20.C9H21NO.C8H19NO.2C8H19N.C8H18.C7H15NO2.C7H17N.C6H13N.C3H8/c1-13(2,3)9-12(15)8-10-4-6-11(14)7-5-10;1-13(2,3)9-11(14)10-15-12-7-5-4-6-8-12;1-10(2,3)5-8(11)4-9-6-13-7-12-9;1-9(2,3)8-10(11)4-6-12-7-5-10;1-5-10(6-7-10)8-9(2,3)4;1-8(2,3)6-7(10)9(4,5)11;1-8(2,3)5-7(9)6-10-4;1-7(2,3)6-8(4,5)9;1-8(2,3)6-4-5-7-9;1-5-6-7-8(2,3)4;1-7(2,3)4-5(8)6(9)10;1-7(2,3)5-4-6-8;1-6-3-2-4-7-5-6;1-3-2/h4-7,12H,8-9,15H2,1-3H3;4-8,11H,9-10,14H2,1-3H3;6-8H,4-5,11H2,1-3H3;4-8,11H2,1-3H3;5-8H2,1-4H3;7,11H,6,10H2,1-5H3;7H,5-6,9H2,1-4H3;6,9H2,1-5H3;4-7,9H2,1-3H3;5-7H2,1-4H3;5H,4,8H2,1-3H3,(H,9,10);4-6,8H2,1-3H3;6-7H,2-5H2,1H3;3H2,1-2H3/t12-;11-;8-;;;2*7-;;;;;;6-;/m010..11.....1./s1. The van der Waals surface area contributed by atoms with Gasteiger partial charge in [-0.3, -0.25) is 4.79 Å². The Bertz CT molecular complexity index is 3230. The molecule has 6 rings (SSSR count). The van der Waals surface area contributed by atoms with Crippen LogP contribution in [0.5, 0.6) is 5.75 Å². The fourth-order valence-electron chi connectivity index (χ4n) is 16.0. The molecule has 1 saturated carbocycles. The molecule has 3 aliphatic rings. The number of unbranched alkanes of at least 4 members (excludes halogenated alkanes) is 2. The van der Waals surface area contributed by atoms with Crippen molar-refractivity contribution < 1.29 is 33.6 Å². The van der Waals surface area contributed by atoms with E-state index in [0.29, 0.717) is 63.0 Å². The fourth-order valence-corrected chi connectivity index (χ4v) is 16.6. The quantitative estimate of drug-likeness (QED) is 0.0300. The summed E-state index contributed by atoms with van der Waals surface area (Å²) >= 11 is 1.63. The molecular formula is C120H249FN12O6S. The number of methoxy groups -OCH3 is 1. The van der Waals surface area contributed by atoms with Crippen LogP contribution < -0.4 is 67.4 Å². The monoisotopic (exact) mass is 2010 g/mol. The van der Waals surface area contributed by atoms with Crippen LogP contribution in [0.3, 0.4) is 0 Å². The number of hydrogen-bond donors (Lipinski definition) is 13. The van der Waals surface area contributed by atoms with E-state index < -0.39 is 17.6 Å². The number of aromatic nitrogens is 1. The predicted molar refractivity (Wildman–Crippen MR) is 622 cm³/mol. The Hall–Kier alpha value is -3.29. The van der Waals surface area contributed by atoms with Crippen LogP contribution in [0, 0.1) is 82.1 Å². The van der Waals surface area contributed by atoms with Gasteiger partial charge in [0.1, 0.15) is 24.2 Å². The van der Waals surface area contributed by atoms with Crippen LogP contribution in [0.1, 0.15) is 483 Å². The zero-order chi connectivity index (χ0) is 112. The number of thiazole rings is 1. The fraction of sp³-hybridized carbons (Fsp3) is 0.867. The molecule has 23 N–H and O–H groups in total. The minimum atomic E-state index is -0.921. The first-order valence-electron chi connectivity index (χ1n) is 54.3. The van der Waals surface area contributed by atoms with Crippen LogP contribution in [-0.2, 0) is 27.1 Å². The predicted octanol–water partition coefficient (Wildman–Crippen LogP) is 29.4. The van der Waals surface area contributed by atoms with Gasteiger partial charge in [0.25, 0.3) is 0 Å². The van der Waals surface area contributed by atoms with Crippen molar-refractivity contribution >= 4 is 17.3 Å². The van der Waals surface area contributed by atoms with Crippen molar-refractivity contribution in [3.63, 3.8) is 0 Å². The maximum Gasteiger partial charge on any atom is 0.320 e. The van der Waals surface area contributed by atoms with Gasteiger partial charge in [0.05, 0.1) is 23.4 Å². The number of benzene rings is 2. The highest BCUT2D eigenvalue weighted by Crippen LogP contribution is 2.55. The van der Waals surface area contributed by atoms with E-state index in [1.165, 1.54) is 115 Å². The molecule has 0 amide bonds. The van der Waals surface area contributed by atoms with E-state index in [2.05, 4.69) is 293 Å². The highest BCUT2D eigenvalue weighted by molar-refractivity contribution is 7.07. The van der Waals surface area contributed by atoms with Crippen LogP contribution in [0.25, 0.3) is 0 Å².